The summed E-state index contributed by atoms with van der Waals surface area (Å²) in [5.74, 6) is 0.930. The Labute approximate surface area is 122 Å². The number of thiocarbonyl (C=S) groups is 1. The van der Waals surface area contributed by atoms with Gasteiger partial charge in [0, 0.05) is 0 Å². The molecule has 0 radical (unpaired) electrons. The Bertz CT molecular complexity index is 614. The Morgan fingerprint density at radius 2 is 1.90 bits per heavy atom. The van der Waals surface area contributed by atoms with Crippen LogP contribution in [0.4, 0.5) is 4.39 Å². The van der Waals surface area contributed by atoms with Crippen LogP contribution in [-0.4, -0.2) is 12.1 Å². The lowest BCUT2D eigenvalue weighted by Crippen LogP contribution is -2.11. The Balaban J connectivity index is 2.11. The van der Waals surface area contributed by atoms with Gasteiger partial charge in [0.25, 0.3) is 0 Å². The molecular weight excluding hydrogens is 277 g/mol. The quantitative estimate of drug-likeness (QED) is 0.860. The molecule has 0 aliphatic heterocycles. The smallest absolute Gasteiger partial charge is 0.129 e. The van der Waals surface area contributed by atoms with Crippen molar-refractivity contribution in [1.82, 2.24) is 0 Å². The van der Waals surface area contributed by atoms with Gasteiger partial charge < -0.3 is 15.2 Å². The second-order valence-electron chi connectivity index (χ2n) is 4.14. The number of hydrogen-bond acceptors (Lipinski definition) is 3. The summed E-state index contributed by atoms with van der Waals surface area (Å²) < 4.78 is 23.5. The van der Waals surface area contributed by atoms with E-state index in [0.29, 0.717) is 23.7 Å². The van der Waals surface area contributed by atoms with E-state index in [1.54, 1.807) is 25.3 Å². The molecule has 0 unspecified atom stereocenters. The fraction of sp³-hybridized carbons (Fsp3) is 0.133. The lowest BCUT2D eigenvalue weighted by atomic mass is 10.1. The summed E-state index contributed by atoms with van der Waals surface area (Å²) in [7, 11) is 1.56. The molecule has 0 amide bonds. The van der Waals surface area contributed by atoms with Crippen LogP contribution in [0.3, 0.4) is 0 Å². The molecule has 5 heteroatoms. The van der Waals surface area contributed by atoms with Crippen molar-refractivity contribution in [2.45, 2.75) is 6.61 Å². The van der Waals surface area contributed by atoms with Crippen molar-refractivity contribution in [2.75, 3.05) is 7.11 Å². The average Bonchev–Trinajstić information content (AvgIpc) is 2.46. The SMILES string of the molecule is COc1ccc(COc2ccc(F)cc2)cc1C(N)=S. The second kappa shape index (κ2) is 6.34. The van der Waals surface area contributed by atoms with Crippen LogP contribution in [0, 0.1) is 5.82 Å². The van der Waals surface area contributed by atoms with Crippen molar-refractivity contribution in [3.63, 3.8) is 0 Å². The molecule has 20 heavy (non-hydrogen) atoms. The maximum atomic E-state index is 12.8. The largest absolute Gasteiger partial charge is 0.496 e. The molecule has 0 atom stereocenters. The Hall–Kier alpha value is -2.14. The fourth-order valence-electron chi connectivity index (χ4n) is 1.73. The summed E-state index contributed by atoms with van der Waals surface area (Å²) in [4.78, 5) is 0.269. The standard InChI is InChI=1S/C15H14FNO2S/c1-18-14-7-2-10(8-13(14)15(17)20)9-19-12-5-3-11(16)4-6-12/h2-8H,9H2,1H3,(H2,17,20). The summed E-state index contributed by atoms with van der Waals surface area (Å²) in [6, 6.07) is 11.3. The van der Waals surface area contributed by atoms with Crippen LogP contribution >= 0.6 is 12.2 Å². The van der Waals surface area contributed by atoms with Crippen molar-refractivity contribution in [3.8, 4) is 11.5 Å². The average molecular weight is 291 g/mol. The maximum absolute atomic E-state index is 12.8. The first-order valence-corrected chi connectivity index (χ1v) is 6.36. The van der Waals surface area contributed by atoms with Gasteiger partial charge in [-0.1, -0.05) is 18.3 Å². The Morgan fingerprint density at radius 3 is 2.50 bits per heavy atom. The number of methoxy groups -OCH3 is 1. The zero-order chi connectivity index (χ0) is 14.5. The zero-order valence-corrected chi connectivity index (χ0v) is 11.7. The highest BCUT2D eigenvalue weighted by atomic mass is 32.1. The number of hydrogen-bond donors (Lipinski definition) is 1. The van der Waals surface area contributed by atoms with Crippen molar-refractivity contribution >= 4 is 17.2 Å². The summed E-state index contributed by atoms with van der Waals surface area (Å²) in [5, 5.41) is 0. The molecule has 3 nitrogen and oxygen atoms in total. The molecule has 0 aromatic heterocycles. The van der Waals surface area contributed by atoms with Crippen LogP contribution in [0.5, 0.6) is 11.5 Å². The molecule has 2 N–H and O–H groups in total. The first-order valence-electron chi connectivity index (χ1n) is 5.95. The van der Waals surface area contributed by atoms with Crippen LogP contribution in [-0.2, 0) is 6.61 Å². The van der Waals surface area contributed by atoms with E-state index in [9.17, 15) is 4.39 Å². The zero-order valence-electron chi connectivity index (χ0n) is 10.9. The van der Waals surface area contributed by atoms with Crippen molar-refractivity contribution in [2.24, 2.45) is 5.73 Å². The molecule has 0 saturated heterocycles. The van der Waals surface area contributed by atoms with Gasteiger partial charge in [-0.25, -0.2) is 4.39 Å². The fourth-order valence-corrected chi connectivity index (χ4v) is 1.89. The van der Waals surface area contributed by atoms with E-state index in [1.807, 2.05) is 12.1 Å². The van der Waals surface area contributed by atoms with Crippen molar-refractivity contribution in [1.29, 1.82) is 0 Å². The van der Waals surface area contributed by atoms with Gasteiger partial charge in [0.1, 0.15) is 28.9 Å². The third-order valence-electron chi connectivity index (χ3n) is 2.75. The summed E-state index contributed by atoms with van der Waals surface area (Å²) >= 11 is 4.98. The van der Waals surface area contributed by atoms with Gasteiger partial charge in [-0.2, -0.15) is 0 Å². The van der Waals surface area contributed by atoms with Gasteiger partial charge in [0.2, 0.25) is 0 Å². The van der Waals surface area contributed by atoms with Crippen molar-refractivity contribution < 1.29 is 13.9 Å². The summed E-state index contributed by atoms with van der Waals surface area (Å²) in [6.45, 7) is 0.339. The van der Waals surface area contributed by atoms with Gasteiger partial charge >= 0.3 is 0 Å². The van der Waals surface area contributed by atoms with E-state index in [1.165, 1.54) is 12.1 Å². The molecule has 0 spiro atoms. The van der Waals surface area contributed by atoms with Gasteiger partial charge in [0.05, 0.1) is 12.7 Å². The lowest BCUT2D eigenvalue weighted by molar-refractivity contribution is 0.305. The van der Waals surface area contributed by atoms with Crippen molar-refractivity contribution in [3.05, 3.63) is 59.4 Å². The van der Waals surface area contributed by atoms with Gasteiger partial charge in [0.15, 0.2) is 0 Å². The van der Waals surface area contributed by atoms with Crippen LogP contribution in [0.1, 0.15) is 11.1 Å². The molecule has 104 valence electrons. The van der Waals surface area contributed by atoms with E-state index >= 15 is 0 Å². The van der Waals surface area contributed by atoms with E-state index in [4.69, 9.17) is 27.4 Å². The molecule has 2 aromatic rings. The summed E-state index contributed by atoms with van der Waals surface area (Å²) in [5.41, 5.74) is 7.22. The van der Waals surface area contributed by atoms with Crippen LogP contribution in [0.2, 0.25) is 0 Å². The monoisotopic (exact) mass is 291 g/mol. The van der Waals surface area contributed by atoms with Crippen LogP contribution < -0.4 is 15.2 Å². The molecule has 0 saturated carbocycles. The Morgan fingerprint density at radius 1 is 1.20 bits per heavy atom. The normalized spacial score (nSPS) is 10.1. The number of nitrogens with two attached hydrogens (primary N) is 1. The van der Waals surface area contributed by atoms with E-state index in [-0.39, 0.29) is 10.8 Å². The first kappa shape index (κ1) is 14.3. The molecule has 2 rings (SSSR count). The highest BCUT2D eigenvalue weighted by Crippen LogP contribution is 2.21. The molecular formula is C15H14FNO2S. The number of benzene rings is 2. The molecule has 2 aromatic carbocycles. The number of rotatable bonds is 5. The molecule has 0 fully saturated rings. The lowest BCUT2D eigenvalue weighted by Gasteiger charge is -2.10. The molecule has 0 aliphatic carbocycles. The van der Waals surface area contributed by atoms with E-state index in [0.717, 1.165) is 5.56 Å². The van der Waals surface area contributed by atoms with Crippen LogP contribution in [0.25, 0.3) is 0 Å². The molecule has 0 heterocycles. The highest BCUT2D eigenvalue weighted by Gasteiger charge is 2.07. The van der Waals surface area contributed by atoms with E-state index < -0.39 is 0 Å². The minimum absolute atomic E-state index is 0.269. The third kappa shape index (κ3) is 3.45. The Kier molecular flexibility index (Phi) is 4.53. The first-order chi connectivity index (χ1) is 9.60. The number of halogens is 1. The summed E-state index contributed by atoms with van der Waals surface area (Å²) in [6.07, 6.45) is 0. The minimum Gasteiger partial charge on any atom is -0.496 e. The minimum atomic E-state index is -0.294. The van der Waals surface area contributed by atoms with Gasteiger partial charge in [-0.05, 0) is 42.0 Å². The number of ether oxygens (including phenoxy) is 2. The van der Waals surface area contributed by atoms with Gasteiger partial charge in [-0.15, -0.1) is 0 Å². The van der Waals surface area contributed by atoms with Crippen LogP contribution in [0.15, 0.2) is 42.5 Å². The third-order valence-corrected chi connectivity index (χ3v) is 2.97. The maximum Gasteiger partial charge on any atom is 0.129 e. The second-order valence-corrected chi connectivity index (χ2v) is 4.58. The predicted octanol–water partition coefficient (Wildman–Crippen LogP) is 3.05. The topological polar surface area (TPSA) is 44.5 Å². The van der Waals surface area contributed by atoms with Gasteiger partial charge in [-0.3, -0.25) is 0 Å². The molecule has 0 aliphatic rings. The van der Waals surface area contributed by atoms with E-state index in [2.05, 4.69) is 0 Å². The molecule has 0 bridgehead atoms. The predicted molar refractivity (Wildman–Crippen MR) is 79.6 cm³/mol. The highest BCUT2D eigenvalue weighted by molar-refractivity contribution is 7.80.